The quantitative estimate of drug-likeness (QED) is 0.636. The van der Waals surface area contributed by atoms with Crippen LogP contribution < -0.4 is 5.56 Å². The molecule has 2 aliphatic heterocycles. The average Bonchev–Trinajstić information content (AvgIpc) is 2.75. The van der Waals surface area contributed by atoms with Gasteiger partial charge in [-0.05, 0) is 28.8 Å². The van der Waals surface area contributed by atoms with E-state index in [1.807, 2.05) is 0 Å². The molecule has 0 radical (unpaired) electrons. The summed E-state index contributed by atoms with van der Waals surface area (Å²) in [5.74, 6) is 0. The van der Waals surface area contributed by atoms with Gasteiger partial charge in [0.25, 0.3) is 5.56 Å². The number of carbonyl (C=O) groups is 1. The van der Waals surface area contributed by atoms with E-state index < -0.39 is 30.3 Å². The number of fused-ring (bicyclic) bond motifs is 3. The van der Waals surface area contributed by atoms with Crippen molar-refractivity contribution in [2.75, 3.05) is 19.8 Å². The second kappa shape index (κ2) is 9.35. The first kappa shape index (κ1) is 23.0. The van der Waals surface area contributed by atoms with Gasteiger partial charge in [-0.2, -0.15) is 13.2 Å². The van der Waals surface area contributed by atoms with Crippen LogP contribution in [0.2, 0.25) is 5.02 Å². The van der Waals surface area contributed by atoms with Crippen molar-refractivity contribution in [1.29, 1.82) is 0 Å². The van der Waals surface area contributed by atoms with Crippen LogP contribution in [0.15, 0.2) is 35.3 Å². The fourth-order valence-electron chi connectivity index (χ4n) is 4.03. The van der Waals surface area contributed by atoms with Crippen LogP contribution in [0.1, 0.15) is 23.6 Å². The van der Waals surface area contributed by atoms with E-state index in [1.165, 1.54) is 29.0 Å². The molecule has 0 aliphatic carbocycles. The van der Waals surface area contributed by atoms with Crippen LogP contribution in [0.3, 0.4) is 0 Å². The predicted molar refractivity (Wildman–Crippen MR) is 110 cm³/mol. The normalized spacial score (nSPS) is 22.2. The number of pyridine rings is 1. The second-order valence-electron chi connectivity index (χ2n) is 7.81. The molecule has 1 aromatic heterocycles. The zero-order valence-electron chi connectivity index (χ0n) is 16.9. The SMILES string of the molecule is O=CC(CC1COCCO1)n1cc2c(cc1=O)-c1cc(Cl)ccc1CC(C(F)(F)F)OC2. The number of aromatic nitrogens is 1. The van der Waals surface area contributed by atoms with Gasteiger partial charge in [-0.1, -0.05) is 17.7 Å². The Hall–Kier alpha value is -2.20. The van der Waals surface area contributed by atoms with Crippen LogP contribution in [-0.2, 0) is 32.0 Å². The first-order chi connectivity index (χ1) is 15.3. The van der Waals surface area contributed by atoms with Crippen molar-refractivity contribution in [3.8, 4) is 11.1 Å². The number of alkyl halides is 3. The molecule has 1 aromatic carbocycles. The maximum absolute atomic E-state index is 13.5. The minimum atomic E-state index is -4.56. The third kappa shape index (κ3) is 4.91. The van der Waals surface area contributed by atoms with Gasteiger partial charge in [-0.25, -0.2) is 0 Å². The number of benzene rings is 1. The fraction of sp³-hybridized carbons (Fsp3) is 0.455. The Morgan fingerprint density at radius 3 is 2.62 bits per heavy atom. The Morgan fingerprint density at radius 1 is 1.16 bits per heavy atom. The molecule has 10 heteroatoms. The third-order valence-corrected chi connectivity index (χ3v) is 5.87. The van der Waals surface area contributed by atoms with Gasteiger partial charge in [-0.15, -0.1) is 0 Å². The molecule has 4 rings (SSSR count). The number of ether oxygens (including phenoxy) is 3. The molecule has 1 saturated heterocycles. The molecule has 0 spiro atoms. The Morgan fingerprint density at radius 2 is 1.94 bits per heavy atom. The maximum atomic E-state index is 13.5. The molecule has 0 saturated carbocycles. The largest absolute Gasteiger partial charge is 0.414 e. The minimum Gasteiger partial charge on any atom is -0.376 e. The maximum Gasteiger partial charge on any atom is 0.414 e. The van der Waals surface area contributed by atoms with Crippen molar-refractivity contribution in [2.45, 2.75) is 43.9 Å². The molecule has 2 aromatic rings. The van der Waals surface area contributed by atoms with E-state index in [4.69, 9.17) is 25.8 Å². The standard InChI is InChI=1S/C22H21ClF3NO5/c23-15-2-1-13-5-20(22(24,25)26)32-11-14-9-27(21(29)8-19(14)18(13)6-15)16(10-28)7-17-12-30-3-4-31-17/h1-2,6,8-10,16-17,20H,3-5,7,11-12H2. The van der Waals surface area contributed by atoms with E-state index in [1.54, 1.807) is 6.07 Å². The molecule has 32 heavy (non-hydrogen) atoms. The van der Waals surface area contributed by atoms with Crippen molar-refractivity contribution in [2.24, 2.45) is 0 Å². The van der Waals surface area contributed by atoms with Crippen LogP contribution >= 0.6 is 11.6 Å². The number of hydrogen-bond donors (Lipinski definition) is 0. The van der Waals surface area contributed by atoms with Crippen LogP contribution in [-0.4, -0.2) is 49.1 Å². The molecular formula is C22H21ClF3NO5. The molecule has 2 aliphatic rings. The Kier molecular flexibility index (Phi) is 6.71. The van der Waals surface area contributed by atoms with Crippen LogP contribution in [0, 0.1) is 0 Å². The first-order valence-electron chi connectivity index (χ1n) is 10.1. The van der Waals surface area contributed by atoms with Crippen LogP contribution in [0.5, 0.6) is 0 Å². The lowest BCUT2D eigenvalue weighted by atomic mass is 9.92. The van der Waals surface area contributed by atoms with E-state index in [0.29, 0.717) is 53.4 Å². The molecule has 1 fully saturated rings. The van der Waals surface area contributed by atoms with Gasteiger partial charge in [-0.3, -0.25) is 4.79 Å². The molecule has 3 unspecified atom stereocenters. The predicted octanol–water partition coefficient (Wildman–Crippen LogP) is 3.72. The van der Waals surface area contributed by atoms with Gasteiger partial charge >= 0.3 is 6.18 Å². The summed E-state index contributed by atoms with van der Waals surface area (Å²) < 4.78 is 57.9. The summed E-state index contributed by atoms with van der Waals surface area (Å²) in [6, 6.07) is 5.02. The molecule has 0 bridgehead atoms. The van der Waals surface area contributed by atoms with Gasteiger partial charge < -0.3 is 23.6 Å². The van der Waals surface area contributed by atoms with Gasteiger partial charge in [0.05, 0.1) is 38.6 Å². The van der Waals surface area contributed by atoms with Gasteiger partial charge in [0.1, 0.15) is 6.29 Å². The Balaban J connectivity index is 1.76. The molecule has 0 amide bonds. The molecule has 3 heterocycles. The summed E-state index contributed by atoms with van der Waals surface area (Å²) >= 11 is 6.11. The zero-order valence-corrected chi connectivity index (χ0v) is 17.7. The highest BCUT2D eigenvalue weighted by molar-refractivity contribution is 6.30. The van der Waals surface area contributed by atoms with E-state index in [9.17, 15) is 22.8 Å². The highest BCUT2D eigenvalue weighted by Gasteiger charge is 2.42. The van der Waals surface area contributed by atoms with Crippen molar-refractivity contribution in [3.05, 3.63) is 57.0 Å². The highest BCUT2D eigenvalue weighted by Crippen LogP contribution is 2.36. The number of nitrogens with zero attached hydrogens (tertiary/aromatic N) is 1. The highest BCUT2D eigenvalue weighted by atomic mass is 35.5. The third-order valence-electron chi connectivity index (χ3n) is 5.64. The molecular weight excluding hydrogens is 451 g/mol. The summed E-state index contributed by atoms with van der Waals surface area (Å²) in [5.41, 5.74) is 1.15. The zero-order chi connectivity index (χ0) is 22.9. The monoisotopic (exact) mass is 471 g/mol. The van der Waals surface area contributed by atoms with E-state index in [-0.39, 0.29) is 19.1 Å². The Labute approximate surface area is 186 Å². The summed E-state index contributed by atoms with van der Waals surface area (Å²) in [6.07, 6.45) is -5.11. The lowest BCUT2D eigenvalue weighted by molar-refractivity contribution is -0.223. The van der Waals surface area contributed by atoms with Crippen LogP contribution in [0.4, 0.5) is 13.2 Å². The summed E-state index contributed by atoms with van der Waals surface area (Å²) in [4.78, 5) is 24.7. The summed E-state index contributed by atoms with van der Waals surface area (Å²) in [7, 11) is 0. The number of rotatable bonds is 4. The lowest BCUT2D eigenvalue weighted by Gasteiger charge is -2.28. The van der Waals surface area contributed by atoms with Gasteiger partial charge in [0.15, 0.2) is 6.10 Å². The van der Waals surface area contributed by atoms with Crippen molar-refractivity contribution in [1.82, 2.24) is 4.57 Å². The van der Waals surface area contributed by atoms with E-state index in [0.717, 1.165) is 0 Å². The second-order valence-corrected chi connectivity index (χ2v) is 8.25. The number of hydrogen-bond acceptors (Lipinski definition) is 5. The molecule has 172 valence electrons. The van der Waals surface area contributed by atoms with Crippen molar-refractivity contribution in [3.63, 3.8) is 0 Å². The first-order valence-corrected chi connectivity index (χ1v) is 10.5. The van der Waals surface area contributed by atoms with Gasteiger partial charge in [0.2, 0.25) is 0 Å². The van der Waals surface area contributed by atoms with Crippen LogP contribution in [0.25, 0.3) is 11.1 Å². The summed E-state index contributed by atoms with van der Waals surface area (Å²) in [5, 5.41) is 0.337. The molecule has 3 atom stereocenters. The number of carbonyl (C=O) groups excluding carboxylic acids is 1. The number of halogens is 4. The van der Waals surface area contributed by atoms with Gasteiger partial charge in [0, 0.05) is 35.7 Å². The van der Waals surface area contributed by atoms with Crippen molar-refractivity contribution < 1.29 is 32.2 Å². The average molecular weight is 472 g/mol. The topological polar surface area (TPSA) is 66.8 Å². The molecule has 6 nitrogen and oxygen atoms in total. The summed E-state index contributed by atoms with van der Waals surface area (Å²) in [6.45, 7) is 0.771. The fourth-order valence-corrected chi connectivity index (χ4v) is 4.20. The van der Waals surface area contributed by atoms with Crippen molar-refractivity contribution >= 4 is 17.9 Å². The smallest absolute Gasteiger partial charge is 0.376 e. The Bertz CT molecular complexity index is 1050. The lowest BCUT2D eigenvalue weighted by Crippen LogP contribution is -2.36. The van der Waals surface area contributed by atoms with E-state index in [2.05, 4.69) is 0 Å². The minimum absolute atomic E-state index is 0.205. The van der Waals surface area contributed by atoms with E-state index >= 15 is 0 Å². The molecule has 0 N–H and O–H groups in total. The number of aldehydes is 1.